The molecule has 0 aromatic heterocycles. The van der Waals surface area contributed by atoms with Crippen LogP contribution in [0.15, 0.2) is 48.7 Å². The summed E-state index contributed by atoms with van der Waals surface area (Å²) >= 11 is 0. The molecular formula is C21H26N2O4. The van der Waals surface area contributed by atoms with Crippen LogP contribution in [0.3, 0.4) is 0 Å². The third-order valence-corrected chi connectivity index (χ3v) is 4.26. The Bertz CT molecular complexity index is 712. The summed E-state index contributed by atoms with van der Waals surface area (Å²) in [4.78, 5) is 39.0. The monoisotopic (exact) mass is 370 g/mol. The van der Waals surface area contributed by atoms with Gasteiger partial charge in [-0.15, -0.1) is 0 Å². The lowest BCUT2D eigenvalue weighted by atomic mass is 10.0. The largest absolute Gasteiger partial charge is 0.461 e. The van der Waals surface area contributed by atoms with E-state index in [0.29, 0.717) is 6.54 Å². The summed E-state index contributed by atoms with van der Waals surface area (Å²) in [5.74, 6) is -1.18. The van der Waals surface area contributed by atoms with Crippen LogP contribution in [0.4, 0.5) is 0 Å². The fourth-order valence-electron chi connectivity index (χ4n) is 2.88. The fraction of sp³-hybridized carbons (Fsp3) is 0.381. The average Bonchev–Trinajstić information content (AvgIpc) is 2.67. The van der Waals surface area contributed by atoms with Crippen LogP contribution in [0.2, 0.25) is 0 Å². The van der Waals surface area contributed by atoms with Crippen LogP contribution in [0.5, 0.6) is 0 Å². The molecule has 2 amide bonds. The third-order valence-electron chi connectivity index (χ3n) is 4.26. The van der Waals surface area contributed by atoms with E-state index >= 15 is 0 Å². The van der Waals surface area contributed by atoms with Crippen LogP contribution in [-0.4, -0.2) is 41.9 Å². The Kier molecular flexibility index (Phi) is 7.79. The molecule has 0 aliphatic carbocycles. The molecule has 1 aliphatic rings. The molecule has 1 fully saturated rings. The van der Waals surface area contributed by atoms with Crippen molar-refractivity contribution < 1.29 is 19.1 Å². The van der Waals surface area contributed by atoms with Crippen LogP contribution in [0, 0.1) is 0 Å². The summed E-state index contributed by atoms with van der Waals surface area (Å²) in [6.07, 6.45) is 5.65. The van der Waals surface area contributed by atoms with Crippen molar-refractivity contribution in [2.45, 2.75) is 38.6 Å². The number of rotatable bonds is 9. The highest BCUT2D eigenvalue weighted by atomic mass is 16.5. The van der Waals surface area contributed by atoms with Gasteiger partial charge in [0.25, 0.3) is 5.91 Å². The Morgan fingerprint density at radius 1 is 1.26 bits per heavy atom. The van der Waals surface area contributed by atoms with E-state index < -0.39 is 12.0 Å². The second-order valence-electron chi connectivity index (χ2n) is 6.36. The predicted molar refractivity (Wildman–Crippen MR) is 103 cm³/mol. The standard InChI is InChI=1S/C21H26N2O4/c1-3-5-9-12-23-18(15-19(24)27-13-4-2)20(25)22-17(21(23)26)14-16-10-7-6-8-11-16/h4,6-8,10-11,14,18H,2-3,5,9,12-13,15H2,1H3,(H,22,25)/t18-/m0/s1. The highest BCUT2D eigenvalue weighted by Crippen LogP contribution is 2.19. The Morgan fingerprint density at radius 2 is 2.00 bits per heavy atom. The van der Waals surface area contributed by atoms with Gasteiger partial charge in [-0.1, -0.05) is 62.8 Å². The maximum Gasteiger partial charge on any atom is 0.308 e. The van der Waals surface area contributed by atoms with Gasteiger partial charge in [-0.2, -0.15) is 0 Å². The maximum absolute atomic E-state index is 13.0. The molecule has 0 saturated carbocycles. The molecule has 0 radical (unpaired) electrons. The molecule has 6 nitrogen and oxygen atoms in total. The van der Waals surface area contributed by atoms with E-state index in [-0.39, 0.29) is 30.5 Å². The molecule has 1 aromatic carbocycles. The molecule has 2 rings (SSSR count). The molecule has 1 saturated heterocycles. The molecule has 0 spiro atoms. The van der Waals surface area contributed by atoms with Gasteiger partial charge < -0.3 is 15.0 Å². The van der Waals surface area contributed by atoms with Gasteiger partial charge in [-0.05, 0) is 18.1 Å². The SMILES string of the molecule is C=CCOC(=O)C[C@H]1C(=O)NC(=Cc2ccccc2)C(=O)N1CCCCC. The second kappa shape index (κ2) is 10.3. The number of carbonyl (C=O) groups is 3. The van der Waals surface area contributed by atoms with E-state index in [9.17, 15) is 14.4 Å². The number of nitrogens with one attached hydrogen (secondary N) is 1. The van der Waals surface area contributed by atoms with Gasteiger partial charge in [0.15, 0.2) is 0 Å². The first-order chi connectivity index (χ1) is 13.1. The number of hydrogen-bond acceptors (Lipinski definition) is 4. The van der Waals surface area contributed by atoms with Crippen molar-refractivity contribution in [2.24, 2.45) is 0 Å². The van der Waals surface area contributed by atoms with Crippen molar-refractivity contribution in [3.8, 4) is 0 Å². The van der Waals surface area contributed by atoms with Crippen molar-refractivity contribution in [3.63, 3.8) is 0 Å². The molecule has 6 heteroatoms. The Hall–Kier alpha value is -2.89. The average molecular weight is 370 g/mol. The number of benzene rings is 1. The van der Waals surface area contributed by atoms with E-state index in [4.69, 9.17) is 4.74 Å². The Balaban J connectivity index is 2.21. The van der Waals surface area contributed by atoms with Gasteiger partial charge in [0, 0.05) is 6.54 Å². The smallest absolute Gasteiger partial charge is 0.308 e. The minimum absolute atomic E-state index is 0.0795. The van der Waals surface area contributed by atoms with E-state index in [1.54, 1.807) is 6.08 Å². The van der Waals surface area contributed by atoms with E-state index in [1.807, 2.05) is 30.3 Å². The predicted octanol–water partition coefficient (Wildman–Crippen LogP) is 2.66. The van der Waals surface area contributed by atoms with Gasteiger partial charge in [0.05, 0.1) is 6.42 Å². The van der Waals surface area contributed by atoms with Crippen molar-refractivity contribution in [1.82, 2.24) is 10.2 Å². The van der Waals surface area contributed by atoms with E-state index in [2.05, 4.69) is 18.8 Å². The lowest BCUT2D eigenvalue weighted by Crippen LogP contribution is -2.57. The van der Waals surface area contributed by atoms with Gasteiger partial charge in [0.2, 0.25) is 5.91 Å². The summed E-state index contributed by atoms with van der Waals surface area (Å²) in [6.45, 7) is 6.06. The van der Waals surface area contributed by atoms with E-state index in [0.717, 1.165) is 24.8 Å². The topological polar surface area (TPSA) is 75.7 Å². The van der Waals surface area contributed by atoms with Crippen molar-refractivity contribution in [2.75, 3.05) is 13.2 Å². The summed E-state index contributed by atoms with van der Waals surface area (Å²) in [5.41, 5.74) is 1.04. The Labute approximate surface area is 159 Å². The first-order valence-corrected chi connectivity index (χ1v) is 9.22. The lowest BCUT2D eigenvalue weighted by molar-refractivity contribution is -0.150. The minimum atomic E-state index is -0.861. The fourth-order valence-corrected chi connectivity index (χ4v) is 2.88. The number of amides is 2. The lowest BCUT2D eigenvalue weighted by Gasteiger charge is -2.35. The second-order valence-corrected chi connectivity index (χ2v) is 6.36. The number of unbranched alkanes of at least 4 members (excludes halogenated alkanes) is 2. The summed E-state index contributed by atoms with van der Waals surface area (Å²) in [5, 5.41) is 2.65. The van der Waals surface area contributed by atoms with E-state index in [1.165, 1.54) is 11.0 Å². The summed E-state index contributed by atoms with van der Waals surface area (Å²) in [7, 11) is 0. The molecule has 1 aliphatic heterocycles. The number of piperazine rings is 1. The first-order valence-electron chi connectivity index (χ1n) is 9.22. The number of ether oxygens (including phenoxy) is 1. The van der Waals surface area contributed by atoms with Crippen LogP contribution < -0.4 is 5.32 Å². The number of esters is 1. The van der Waals surface area contributed by atoms with Crippen LogP contribution >= 0.6 is 0 Å². The molecular weight excluding hydrogens is 344 g/mol. The highest BCUT2D eigenvalue weighted by molar-refractivity contribution is 6.08. The molecule has 1 atom stereocenters. The maximum atomic E-state index is 13.0. The number of nitrogens with zero attached hydrogens (tertiary/aromatic N) is 1. The third kappa shape index (κ3) is 5.81. The molecule has 0 unspecified atom stereocenters. The van der Waals surface area contributed by atoms with Crippen LogP contribution in [0.25, 0.3) is 6.08 Å². The molecule has 27 heavy (non-hydrogen) atoms. The summed E-state index contributed by atoms with van der Waals surface area (Å²) in [6, 6.07) is 8.45. The van der Waals surface area contributed by atoms with Crippen LogP contribution in [-0.2, 0) is 19.1 Å². The normalized spacial score (nSPS) is 18.3. The van der Waals surface area contributed by atoms with Gasteiger partial charge in [-0.3, -0.25) is 14.4 Å². The summed E-state index contributed by atoms with van der Waals surface area (Å²) < 4.78 is 4.98. The van der Waals surface area contributed by atoms with Gasteiger partial charge in [-0.25, -0.2) is 0 Å². The zero-order valence-corrected chi connectivity index (χ0v) is 15.6. The number of hydrogen-bond donors (Lipinski definition) is 1. The minimum Gasteiger partial charge on any atom is -0.461 e. The zero-order valence-electron chi connectivity index (χ0n) is 15.6. The quantitative estimate of drug-likeness (QED) is 0.314. The molecule has 1 N–H and O–H groups in total. The van der Waals surface area contributed by atoms with Crippen LogP contribution in [0.1, 0.15) is 38.2 Å². The van der Waals surface area contributed by atoms with Crippen molar-refractivity contribution in [3.05, 3.63) is 54.2 Å². The molecule has 1 aromatic rings. The molecule has 144 valence electrons. The molecule has 0 bridgehead atoms. The zero-order chi connectivity index (χ0) is 19.6. The Morgan fingerprint density at radius 3 is 2.67 bits per heavy atom. The van der Waals surface area contributed by atoms with Gasteiger partial charge in [0.1, 0.15) is 18.3 Å². The first kappa shape index (κ1) is 20.4. The number of carbonyl (C=O) groups excluding carboxylic acids is 3. The van der Waals surface area contributed by atoms with Gasteiger partial charge >= 0.3 is 5.97 Å². The van der Waals surface area contributed by atoms with Crippen molar-refractivity contribution in [1.29, 1.82) is 0 Å². The highest BCUT2D eigenvalue weighted by Gasteiger charge is 2.38. The van der Waals surface area contributed by atoms with Crippen molar-refractivity contribution >= 4 is 23.9 Å². The molecule has 1 heterocycles.